The molecule has 0 N–H and O–H groups in total. The Hall–Kier alpha value is -3.15. The summed E-state index contributed by atoms with van der Waals surface area (Å²) in [5.41, 5.74) is 1.88. The molecule has 6 heteroatoms. The molecule has 6 nitrogen and oxygen atoms in total. The van der Waals surface area contributed by atoms with E-state index in [0.717, 1.165) is 11.3 Å². The zero-order chi connectivity index (χ0) is 16.8. The second-order valence-electron chi connectivity index (χ2n) is 4.99. The molecular formula is C17H16N2O4. The van der Waals surface area contributed by atoms with Gasteiger partial charge in [0.1, 0.15) is 5.75 Å². The summed E-state index contributed by atoms with van der Waals surface area (Å²) in [7, 11) is 3.90. The number of nitrogens with zero attached hydrogens (tertiary/aromatic N) is 2. The smallest absolute Gasteiger partial charge is 0.336 e. The zero-order valence-electron chi connectivity index (χ0n) is 12.8. The maximum atomic E-state index is 11.7. The maximum absolute atomic E-state index is 11.7. The van der Waals surface area contributed by atoms with Crippen molar-refractivity contribution in [3.63, 3.8) is 0 Å². The predicted molar refractivity (Wildman–Crippen MR) is 88.5 cm³/mol. The number of carbonyl (C=O) groups excluding carboxylic acids is 1. The lowest BCUT2D eigenvalue weighted by Gasteiger charge is -2.11. The minimum Gasteiger partial charge on any atom is -0.423 e. The van der Waals surface area contributed by atoms with E-state index in [4.69, 9.17) is 4.74 Å². The molecule has 0 aliphatic carbocycles. The van der Waals surface area contributed by atoms with Crippen molar-refractivity contribution < 1.29 is 14.5 Å². The largest absolute Gasteiger partial charge is 0.423 e. The molecular weight excluding hydrogens is 296 g/mol. The molecule has 2 rings (SSSR count). The van der Waals surface area contributed by atoms with E-state index in [2.05, 4.69) is 0 Å². The highest BCUT2D eigenvalue weighted by atomic mass is 16.6. The lowest BCUT2D eigenvalue weighted by molar-refractivity contribution is -0.384. The molecule has 2 aromatic carbocycles. The van der Waals surface area contributed by atoms with Gasteiger partial charge in [0, 0.05) is 38.0 Å². The molecule has 0 heterocycles. The highest BCUT2D eigenvalue weighted by Gasteiger charge is 2.06. The number of hydrogen-bond donors (Lipinski definition) is 0. The lowest BCUT2D eigenvalue weighted by atomic mass is 10.2. The van der Waals surface area contributed by atoms with Crippen molar-refractivity contribution in [3.05, 3.63) is 70.3 Å². The van der Waals surface area contributed by atoms with Crippen LogP contribution >= 0.6 is 0 Å². The molecule has 0 aromatic heterocycles. The van der Waals surface area contributed by atoms with Crippen molar-refractivity contribution >= 4 is 23.4 Å². The van der Waals surface area contributed by atoms with Crippen LogP contribution in [0, 0.1) is 10.1 Å². The van der Waals surface area contributed by atoms with Crippen molar-refractivity contribution in [2.75, 3.05) is 19.0 Å². The highest BCUT2D eigenvalue weighted by Crippen LogP contribution is 2.18. The molecule has 2 aromatic rings. The molecule has 118 valence electrons. The second kappa shape index (κ2) is 7.22. The van der Waals surface area contributed by atoms with Crippen molar-refractivity contribution in [2.24, 2.45) is 0 Å². The molecule has 0 aliphatic heterocycles. The molecule has 0 radical (unpaired) electrons. The van der Waals surface area contributed by atoms with E-state index in [0.29, 0.717) is 0 Å². The van der Waals surface area contributed by atoms with Crippen molar-refractivity contribution in [1.29, 1.82) is 0 Å². The van der Waals surface area contributed by atoms with Crippen LogP contribution in [-0.4, -0.2) is 25.0 Å². The van der Waals surface area contributed by atoms with E-state index in [1.807, 2.05) is 43.3 Å². The number of nitro benzene ring substituents is 1. The van der Waals surface area contributed by atoms with Gasteiger partial charge >= 0.3 is 5.97 Å². The minimum atomic E-state index is -0.546. The Morgan fingerprint density at radius 3 is 2.22 bits per heavy atom. The Kier molecular flexibility index (Phi) is 5.09. The standard InChI is InChI=1S/C17H16N2O4/c1-18(2)14-6-3-13(4-7-14)5-12-17(20)23-16-10-8-15(9-11-16)19(21)22/h3-12H,1-2H3/b12-5+. The van der Waals surface area contributed by atoms with E-state index in [1.165, 1.54) is 30.3 Å². The zero-order valence-corrected chi connectivity index (χ0v) is 12.8. The Labute approximate surface area is 133 Å². The fourth-order valence-corrected chi connectivity index (χ4v) is 1.83. The molecule has 0 atom stereocenters. The van der Waals surface area contributed by atoms with Gasteiger partial charge in [0.15, 0.2) is 0 Å². The van der Waals surface area contributed by atoms with E-state index in [1.54, 1.807) is 6.08 Å². The van der Waals surface area contributed by atoms with Crippen molar-refractivity contribution in [1.82, 2.24) is 0 Å². The molecule has 0 amide bonds. The first-order valence-corrected chi connectivity index (χ1v) is 6.87. The summed E-state index contributed by atoms with van der Waals surface area (Å²) < 4.78 is 5.08. The highest BCUT2D eigenvalue weighted by molar-refractivity contribution is 5.88. The second-order valence-corrected chi connectivity index (χ2v) is 4.99. The Morgan fingerprint density at radius 1 is 1.09 bits per heavy atom. The summed E-state index contributed by atoms with van der Waals surface area (Å²) in [5, 5.41) is 10.5. The molecule has 0 saturated carbocycles. The van der Waals surface area contributed by atoms with Gasteiger partial charge in [0.25, 0.3) is 5.69 Å². The number of rotatable bonds is 5. The van der Waals surface area contributed by atoms with Crippen LogP contribution in [-0.2, 0) is 4.79 Å². The van der Waals surface area contributed by atoms with E-state index in [-0.39, 0.29) is 11.4 Å². The molecule has 0 fully saturated rings. The summed E-state index contributed by atoms with van der Waals surface area (Å²) in [5.74, 6) is -0.288. The lowest BCUT2D eigenvalue weighted by Crippen LogP contribution is -2.08. The van der Waals surface area contributed by atoms with Crippen LogP contribution in [0.1, 0.15) is 5.56 Å². The number of non-ortho nitro benzene ring substituents is 1. The number of carbonyl (C=O) groups is 1. The molecule has 0 aliphatic rings. The summed E-state index contributed by atoms with van der Waals surface area (Å²) in [6.45, 7) is 0. The maximum Gasteiger partial charge on any atom is 0.336 e. The van der Waals surface area contributed by atoms with Gasteiger partial charge in [-0.3, -0.25) is 10.1 Å². The van der Waals surface area contributed by atoms with Gasteiger partial charge in [0.05, 0.1) is 4.92 Å². The topological polar surface area (TPSA) is 72.7 Å². The van der Waals surface area contributed by atoms with Gasteiger partial charge in [-0.2, -0.15) is 0 Å². The molecule has 0 spiro atoms. The number of nitro groups is 1. The van der Waals surface area contributed by atoms with Gasteiger partial charge in [-0.25, -0.2) is 4.79 Å². The Balaban J connectivity index is 1.97. The van der Waals surface area contributed by atoms with Crippen LogP contribution in [0.15, 0.2) is 54.6 Å². The van der Waals surface area contributed by atoms with E-state index >= 15 is 0 Å². The van der Waals surface area contributed by atoms with Crippen LogP contribution in [0.5, 0.6) is 5.75 Å². The number of anilines is 1. The normalized spacial score (nSPS) is 10.5. The number of ether oxygens (including phenoxy) is 1. The fourth-order valence-electron chi connectivity index (χ4n) is 1.83. The van der Waals surface area contributed by atoms with Gasteiger partial charge in [0.2, 0.25) is 0 Å². The first-order chi connectivity index (χ1) is 11.0. The average molecular weight is 312 g/mol. The summed E-state index contributed by atoms with van der Waals surface area (Å²) in [6, 6.07) is 13.0. The number of hydrogen-bond acceptors (Lipinski definition) is 5. The van der Waals surface area contributed by atoms with Crippen LogP contribution in [0.3, 0.4) is 0 Å². The molecule has 0 unspecified atom stereocenters. The molecule has 23 heavy (non-hydrogen) atoms. The van der Waals surface area contributed by atoms with Gasteiger partial charge in [-0.1, -0.05) is 12.1 Å². The number of esters is 1. The quantitative estimate of drug-likeness (QED) is 0.278. The first-order valence-electron chi connectivity index (χ1n) is 6.87. The van der Waals surface area contributed by atoms with Crippen LogP contribution < -0.4 is 9.64 Å². The van der Waals surface area contributed by atoms with Crippen LogP contribution in [0.2, 0.25) is 0 Å². The predicted octanol–water partition coefficient (Wildman–Crippen LogP) is 3.28. The van der Waals surface area contributed by atoms with Crippen LogP contribution in [0.25, 0.3) is 6.08 Å². The first kappa shape index (κ1) is 16.2. The van der Waals surface area contributed by atoms with E-state index < -0.39 is 10.9 Å². The van der Waals surface area contributed by atoms with Crippen LogP contribution in [0.4, 0.5) is 11.4 Å². The fraction of sp³-hybridized carbons (Fsp3) is 0.118. The summed E-state index contributed by atoms with van der Waals surface area (Å²) >= 11 is 0. The average Bonchev–Trinajstić information content (AvgIpc) is 2.54. The summed E-state index contributed by atoms with van der Waals surface area (Å²) in [4.78, 5) is 23.7. The summed E-state index contributed by atoms with van der Waals surface area (Å²) in [6.07, 6.45) is 2.96. The van der Waals surface area contributed by atoms with E-state index in [9.17, 15) is 14.9 Å². The monoisotopic (exact) mass is 312 g/mol. The number of benzene rings is 2. The SMILES string of the molecule is CN(C)c1ccc(/C=C/C(=O)Oc2ccc([N+](=O)[O-])cc2)cc1. The van der Waals surface area contributed by atoms with Gasteiger partial charge in [-0.15, -0.1) is 0 Å². The Morgan fingerprint density at radius 2 is 1.70 bits per heavy atom. The minimum absolute atomic E-state index is 0.0543. The third-order valence-corrected chi connectivity index (χ3v) is 3.09. The van der Waals surface area contributed by atoms with Gasteiger partial charge in [-0.05, 0) is 35.9 Å². The molecule has 0 saturated heterocycles. The van der Waals surface area contributed by atoms with Crippen molar-refractivity contribution in [2.45, 2.75) is 0 Å². The van der Waals surface area contributed by atoms with Crippen molar-refractivity contribution in [3.8, 4) is 5.75 Å². The Bertz CT molecular complexity index is 719. The van der Waals surface area contributed by atoms with Gasteiger partial charge < -0.3 is 9.64 Å². The third-order valence-electron chi connectivity index (χ3n) is 3.09. The molecule has 0 bridgehead atoms. The third kappa shape index (κ3) is 4.67.